The highest BCUT2D eigenvalue weighted by Crippen LogP contribution is 2.28. The summed E-state index contributed by atoms with van der Waals surface area (Å²) < 4.78 is 14.2. The van der Waals surface area contributed by atoms with Crippen LogP contribution < -0.4 is 10.2 Å². The summed E-state index contributed by atoms with van der Waals surface area (Å²) in [6.45, 7) is 4.23. The van der Waals surface area contributed by atoms with Gasteiger partial charge in [0.15, 0.2) is 0 Å². The molecule has 0 saturated carbocycles. The quantitative estimate of drug-likeness (QED) is 0.911. The smallest absolute Gasteiger partial charge is 0.128 e. The van der Waals surface area contributed by atoms with Gasteiger partial charge in [0.05, 0.1) is 10.6 Å². The number of aryl methyl sites for hydroxylation is 1. The van der Waals surface area contributed by atoms with E-state index < -0.39 is 0 Å². The summed E-state index contributed by atoms with van der Waals surface area (Å²) in [4.78, 5) is 2.17. The second-order valence-corrected chi connectivity index (χ2v) is 6.55. The van der Waals surface area contributed by atoms with Crippen molar-refractivity contribution < 1.29 is 4.39 Å². The van der Waals surface area contributed by atoms with Crippen molar-refractivity contribution >= 4 is 17.3 Å². The van der Waals surface area contributed by atoms with Crippen LogP contribution in [0, 0.1) is 24.1 Å². The summed E-state index contributed by atoms with van der Waals surface area (Å²) in [6, 6.07) is 12.9. The SMILES string of the molecule is Cc1ccc(F)c(CN(c2ccc(C#N)c(Cl)c2)[C@H]2CCNC2)c1. The molecule has 3 rings (SSSR count). The van der Waals surface area contributed by atoms with Gasteiger partial charge in [-0.3, -0.25) is 0 Å². The minimum atomic E-state index is -0.198. The van der Waals surface area contributed by atoms with Crippen molar-refractivity contribution in [3.05, 3.63) is 63.9 Å². The van der Waals surface area contributed by atoms with Crippen molar-refractivity contribution in [2.24, 2.45) is 0 Å². The summed E-state index contributed by atoms with van der Waals surface area (Å²) in [5.41, 5.74) is 3.07. The highest BCUT2D eigenvalue weighted by atomic mass is 35.5. The molecule has 2 aromatic rings. The third kappa shape index (κ3) is 3.53. The molecule has 0 unspecified atom stereocenters. The molecule has 124 valence electrons. The summed E-state index contributed by atoms with van der Waals surface area (Å²) in [6.07, 6.45) is 0.991. The molecule has 24 heavy (non-hydrogen) atoms. The standard InChI is InChI=1S/C19H19ClFN3/c1-13-2-5-19(21)15(8-13)12-24(17-6-7-23-11-17)16-4-3-14(10-22)18(20)9-16/h2-5,8-9,17,23H,6-7,11-12H2,1H3/t17-/m0/s1. The molecule has 1 aliphatic rings. The number of anilines is 1. The van der Waals surface area contributed by atoms with E-state index in [4.69, 9.17) is 16.9 Å². The lowest BCUT2D eigenvalue weighted by Gasteiger charge is -2.31. The third-order valence-corrected chi connectivity index (χ3v) is 4.73. The molecule has 0 aliphatic carbocycles. The van der Waals surface area contributed by atoms with E-state index in [1.54, 1.807) is 18.2 Å². The van der Waals surface area contributed by atoms with Gasteiger partial charge < -0.3 is 10.2 Å². The van der Waals surface area contributed by atoms with Gasteiger partial charge in [0, 0.05) is 30.4 Å². The minimum absolute atomic E-state index is 0.198. The van der Waals surface area contributed by atoms with Crippen LogP contribution in [0.1, 0.15) is 23.1 Å². The molecule has 1 aliphatic heterocycles. The summed E-state index contributed by atoms with van der Waals surface area (Å²) >= 11 is 6.20. The first-order valence-corrected chi connectivity index (χ1v) is 8.38. The molecule has 0 aromatic heterocycles. The van der Waals surface area contributed by atoms with Crippen molar-refractivity contribution in [3.63, 3.8) is 0 Å². The lowest BCUT2D eigenvalue weighted by Crippen LogP contribution is -2.36. The van der Waals surface area contributed by atoms with Gasteiger partial charge in [0.1, 0.15) is 11.9 Å². The Labute approximate surface area is 146 Å². The van der Waals surface area contributed by atoms with E-state index in [1.165, 1.54) is 6.07 Å². The van der Waals surface area contributed by atoms with Gasteiger partial charge in [-0.25, -0.2) is 4.39 Å². The van der Waals surface area contributed by atoms with Crippen LogP contribution in [0.15, 0.2) is 36.4 Å². The predicted octanol–water partition coefficient (Wildman–Crippen LogP) is 4.03. The average Bonchev–Trinajstić information content (AvgIpc) is 3.09. The van der Waals surface area contributed by atoms with Gasteiger partial charge >= 0.3 is 0 Å². The third-order valence-electron chi connectivity index (χ3n) is 4.42. The Morgan fingerprint density at radius 1 is 1.33 bits per heavy atom. The van der Waals surface area contributed by atoms with Gasteiger partial charge in [-0.15, -0.1) is 0 Å². The Morgan fingerprint density at radius 2 is 2.17 bits per heavy atom. The Bertz CT molecular complexity index is 779. The Morgan fingerprint density at radius 3 is 2.83 bits per heavy atom. The first-order valence-electron chi connectivity index (χ1n) is 8.00. The fourth-order valence-corrected chi connectivity index (χ4v) is 3.34. The lowest BCUT2D eigenvalue weighted by atomic mass is 10.1. The molecule has 0 spiro atoms. The zero-order valence-corrected chi connectivity index (χ0v) is 14.3. The normalized spacial score (nSPS) is 16.8. The summed E-state index contributed by atoms with van der Waals surface area (Å²) in [5, 5.41) is 12.8. The Balaban J connectivity index is 1.96. The van der Waals surface area contributed by atoms with Crippen molar-refractivity contribution in [2.75, 3.05) is 18.0 Å². The Kier molecular flexibility index (Phi) is 5.03. The van der Waals surface area contributed by atoms with E-state index in [0.29, 0.717) is 22.7 Å². The number of halogens is 2. The van der Waals surface area contributed by atoms with Crippen LogP contribution in [0.2, 0.25) is 5.02 Å². The van der Waals surface area contributed by atoms with Crippen LogP contribution in [-0.2, 0) is 6.54 Å². The molecular formula is C19H19ClFN3. The number of nitrogens with zero attached hydrogens (tertiary/aromatic N) is 2. The maximum Gasteiger partial charge on any atom is 0.128 e. The van der Waals surface area contributed by atoms with Crippen molar-refractivity contribution in [3.8, 4) is 6.07 Å². The second-order valence-electron chi connectivity index (χ2n) is 6.15. The van der Waals surface area contributed by atoms with Gasteiger partial charge in [-0.1, -0.05) is 29.3 Å². The molecule has 0 radical (unpaired) electrons. The second kappa shape index (κ2) is 7.21. The molecule has 1 fully saturated rings. The first-order chi connectivity index (χ1) is 11.6. The molecule has 1 heterocycles. The number of hydrogen-bond acceptors (Lipinski definition) is 3. The van der Waals surface area contributed by atoms with Gasteiger partial charge in [0.2, 0.25) is 0 Å². The zero-order valence-electron chi connectivity index (χ0n) is 13.5. The van der Waals surface area contributed by atoms with Crippen LogP contribution in [0.25, 0.3) is 0 Å². The highest BCUT2D eigenvalue weighted by molar-refractivity contribution is 6.32. The minimum Gasteiger partial charge on any atom is -0.363 e. The van der Waals surface area contributed by atoms with Gasteiger partial charge in [-0.05, 0) is 44.2 Å². The molecule has 5 heteroatoms. The Hall–Kier alpha value is -2.09. The van der Waals surface area contributed by atoms with Crippen molar-refractivity contribution in [1.29, 1.82) is 5.26 Å². The average molecular weight is 344 g/mol. The lowest BCUT2D eigenvalue weighted by molar-refractivity contribution is 0.581. The highest BCUT2D eigenvalue weighted by Gasteiger charge is 2.24. The molecule has 0 amide bonds. The van der Waals surface area contributed by atoms with Crippen molar-refractivity contribution in [2.45, 2.75) is 25.9 Å². The van der Waals surface area contributed by atoms with E-state index in [9.17, 15) is 4.39 Å². The van der Waals surface area contributed by atoms with Crippen LogP contribution in [0.5, 0.6) is 0 Å². The monoisotopic (exact) mass is 343 g/mol. The topological polar surface area (TPSA) is 39.1 Å². The molecule has 2 aromatic carbocycles. The maximum atomic E-state index is 14.2. The fraction of sp³-hybridized carbons (Fsp3) is 0.316. The number of nitriles is 1. The maximum absolute atomic E-state index is 14.2. The van der Waals surface area contributed by atoms with E-state index in [0.717, 1.165) is 30.8 Å². The van der Waals surface area contributed by atoms with Crippen LogP contribution >= 0.6 is 11.6 Å². The predicted molar refractivity (Wildman–Crippen MR) is 94.8 cm³/mol. The number of hydrogen-bond donors (Lipinski definition) is 1. The number of nitrogens with one attached hydrogen (secondary N) is 1. The van der Waals surface area contributed by atoms with E-state index in [-0.39, 0.29) is 11.9 Å². The zero-order chi connectivity index (χ0) is 17.1. The number of rotatable bonds is 4. The van der Waals surface area contributed by atoms with Crippen LogP contribution in [0.3, 0.4) is 0 Å². The van der Waals surface area contributed by atoms with E-state index >= 15 is 0 Å². The largest absolute Gasteiger partial charge is 0.363 e. The summed E-state index contributed by atoms with van der Waals surface area (Å²) in [5.74, 6) is -0.198. The molecule has 1 atom stereocenters. The van der Waals surface area contributed by atoms with E-state index in [2.05, 4.69) is 16.3 Å². The molecular weight excluding hydrogens is 325 g/mol. The fourth-order valence-electron chi connectivity index (χ4n) is 3.12. The first kappa shape index (κ1) is 16.8. The molecule has 1 saturated heterocycles. The molecule has 1 N–H and O–H groups in total. The molecule has 0 bridgehead atoms. The number of benzene rings is 2. The van der Waals surface area contributed by atoms with E-state index in [1.807, 2.05) is 19.1 Å². The van der Waals surface area contributed by atoms with Gasteiger partial charge in [-0.2, -0.15) is 5.26 Å². The van der Waals surface area contributed by atoms with Crippen molar-refractivity contribution in [1.82, 2.24) is 5.32 Å². The van der Waals surface area contributed by atoms with Crippen LogP contribution in [0.4, 0.5) is 10.1 Å². The van der Waals surface area contributed by atoms with Crippen LogP contribution in [-0.4, -0.2) is 19.1 Å². The summed E-state index contributed by atoms with van der Waals surface area (Å²) in [7, 11) is 0. The molecule has 3 nitrogen and oxygen atoms in total. The van der Waals surface area contributed by atoms with Gasteiger partial charge in [0.25, 0.3) is 0 Å².